The lowest BCUT2D eigenvalue weighted by Crippen LogP contribution is -2.48. The Balaban J connectivity index is 1.64. The van der Waals surface area contributed by atoms with Crippen molar-refractivity contribution in [3.8, 4) is 0 Å². The molecule has 0 saturated carbocycles. The second-order valence-electron chi connectivity index (χ2n) is 5.88. The molecule has 100 valence electrons. The predicted octanol–water partition coefficient (Wildman–Crippen LogP) is 1.50. The summed E-state index contributed by atoms with van der Waals surface area (Å²) in [6, 6.07) is 0.769. The normalized spacial score (nSPS) is 27.2. The molecule has 0 N–H and O–H groups in total. The minimum atomic E-state index is 0.769. The van der Waals surface area contributed by atoms with Crippen LogP contribution in [0.3, 0.4) is 0 Å². The zero-order valence-electron chi connectivity index (χ0n) is 11.7. The van der Waals surface area contributed by atoms with Crippen molar-refractivity contribution >= 4 is 0 Å². The molecular formula is C14H29N3. The van der Waals surface area contributed by atoms with E-state index in [2.05, 4.69) is 28.7 Å². The van der Waals surface area contributed by atoms with Crippen LogP contribution in [-0.4, -0.2) is 73.6 Å². The van der Waals surface area contributed by atoms with Crippen molar-refractivity contribution in [2.24, 2.45) is 0 Å². The van der Waals surface area contributed by atoms with Gasteiger partial charge in [0, 0.05) is 32.2 Å². The van der Waals surface area contributed by atoms with Gasteiger partial charge >= 0.3 is 0 Å². The van der Waals surface area contributed by atoms with E-state index in [1.165, 1.54) is 71.5 Å². The Morgan fingerprint density at radius 3 is 2.18 bits per heavy atom. The van der Waals surface area contributed by atoms with Crippen molar-refractivity contribution in [2.75, 3.05) is 52.9 Å². The molecule has 0 amide bonds. The molecule has 2 heterocycles. The lowest BCUT2D eigenvalue weighted by molar-refractivity contribution is 0.104. The average Bonchev–Trinajstić information content (AvgIpc) is 2.38. The standard InChI is InChI=1S/C14H29N3/c1-14(17-12-10-15(2)11-13-17)6-9-16-7-4-3-5-8-16/h14H,3-13H2,1-2H3. The van der Waals surface area contributed by atoms with Gasteiger partial charge < -0.3 is 9.80 Å². The number of nitrogens with zero attached hydrogens (tertiary/aromatic N) is 3. The number of likely N-dealkylation sites (tertiary alicyclic amines) is 1. The summed E-state index contributed by atoms with van der Waals surface area (Å²) in [5, 5.41) is 0. The van der Waals surface area contributed by atoms with Gasteiger partial charge in [0.15, 0.2) is 0 Å². The average molecular weight is 239 g/mol. The lowest BCUT2D eigenvalue weighted by Gasteiger charge is -2.37. The van der Waals surface area contributed by atoms with Crippen molar-refractivity contribution in [1.29, 1.82) is 0 Å². The Morgan fingerprint density at radius 1 is 0.882 bits per heavy atom. The van der Waals surface area contributed by atoms with Crippen molar-refractivity contribution < 1.29 is 0 Å². The van der Waals surface area contributed by atoms with Gasteiger partial charge in [0.25, 0.3) is 0 Å². The summed E-state index contributed by atoms with van der Waals surface area (Å²) in [4.78, 5) is 7.77. The predicted molar refractivity (Wildman–Crippen MR) is 73.4 cm³/mol. The molecule has 0 aromatic rings. The minimum Gasteiger partial charge on any atom is -0.304 e. The van der Waals surface area contributed by atoms with Crippen molar-refractivity contribution in [2.45, 2.75) is 38.6 Å². The van der Waals surface area contributed by atoms with E-state index in [4.69, 9.17) is 0 Å². The first-order chi connectivity index (χ1) is 8.25. The first-order valence-electron chi connectivity index (χ1n) is 7.40. The van der Waals surface area contributed by atoms with Crippen LogP contribution in [0.15, 0.2) is 0 Å². The van der Waals surface area contributed by atoms with Gasteiger partial charge in [-0.3, -0.25) is 4.90 Å². The van der Waals surface area contributed by atoms with Crippen molar-refractivity contribution in [1.82, 2.24) is 14.7 Å². The molecule has 0 aromatic carbocycles. The highest BCUT2D eigenvalue weighted by molar-refractivity contribution is 4.76. The molecule has 3 nitrogen and oxygen atoms in total. The van der Waals surface area contributed by atoms with Crippen molar-refractivity contribution in [3.05, 3.63) is 0 Å². The topological polar surface area (TPSA) is 9.72 Å². The van der Waals surface area contributed by atoms with E-state index in [1.807, 2.05) is 0 Å². The third kappa shape index (κ3) is 4.23. The maximum atomic E-state index is 2.67. The maximum absolute atomic E-state index is 2.67. The van der Waals surface area contributed by atoms with Crippen LogP contribution >= 0.6 is 0 Å². The number of hydrogen-bond donors (Lipinski definition) is 0. The van der Waals surface area contributed by atoms with E-state index >= 15 is 0 Å². The molecule has 1 atom stereocenters. The van der Waals surface area contributed by atoms with Crippen LogP contribution in [0.5, 0.6) is 0 Å². The van der Waals surface area contributed by atoms with Gasteiger partial charge in [-0.05, 0) is 52.9 Å². The zero-order valence-corrected chi connectivity index (χ0v) is 11.7. The number of likely N-dealkylation sites (N-methyl/N-ethyl adjacent to an activating group) is 1. The molecule has 1 unspecified atom stereocenters. The van der Waals surface area contributed by atoms with Crippen LogP contribution in [0.2, 0.25) is 0 Å². The summed E-state index contributed by atoms with van der Waals surface area (Å²) in [6.45, 7) is 11.4. The van der Waals surface area contributed by atoms with Crippen LogP contribution in [0.1, 0.15) is 32.6 Å². The molecule has 2 fully saturated rings. The monoisotopic (exact) mass is 239 g/mol. The molecule has 0 aromatic heterocycles. The fraction of sp³-hybridized carbons (Fsp3) is 1.00. The van der Waals surface area contributed by atoms with Gasteiger partial charge in [-0.15, -0.1) is 0 Å². The van der Waals surface area contributed by atoms with Gasteiger partial charge in [0.05, 0.1) is 0 Å². The van der Waals surface area contributed by atoms with Crippen LogP contribution in [0.4, 0.5) is 0 Å². The molecule has 0 spiro atoms. The van der Waals surface area contributed by atoms with Crippen LogP contribution in [-0.2, 0) is 0 Å². The van der Waals surface area contributed by atoms with Crippen molar-refractivity contribution in [3.63, 3.8) is 0 Å². The molecule has 3 heteroatoms. The summed E-state index contributed by atoms with van der Waals surface area (Å²) in [7, 11) is 2.23. The molecular weight excluding hydrogens is 210 g/mol. The smallest absolute Gasteiger partial charge is 0.0113 e. The largest absolute Gasteiger partial charge is 0.304 e. The number of rotatable bonds is 4. The third-order valence-corrected chi connectivity index (χ3v) is 4.47. The van der Waals surface area contributed by atoms with E-state index in [9.17, 15) is 0 Å². The fourth-order valence-corrected chi connectivity index (χ4v) is 3.00. The Kier molecular flexibility index (Phi) is 5.26. The molecule has 0 aliphatic carbocycles. The van der Waals surface area contributed by atoms with Gasteiger partial charge in [-0.2, -0.15) is 0 Å². The summed E-state index contributed by atoms with van der Waals surface area (Å²) in [5.41, 5.74) is 0. The third-order valence-electron chi connectivity index (χ3n) is 4.47. The highest BCUT2D eigenvalue weighted by atomic mass is 15.3. The van der Waals surface area contributed by atoms with E-state index in [1.54, 1.807) is 0 Å². The van der Waals surface area contributed by atoms with E-state index in [0.717, 1.165) is 6.04 Å². The fourth-order valence-electron chi connectivity index (χ4n) is 3.00. The summed E-state index contributed by atoms with van der Waals surface area (Å²) in [6.07, 6.45) is 5.64. The minimum absolute atomic E-state index is 0.769. The second kappa shape index (κ2) is 6.72. The molecule has 2 aliphatic heterocycles. The molecule has 2 saturated heterocycles. The van der Waals surface area contributed by atoms with Gasteiger partial charge in [-0.25, -0.2) is 0 Å². The first kappa shape index (κ1) is 13.3. The molecule has 0 bridgehead atoms. The quantitative estimate of drug-likeness (QED) is 0.736. The van der Waals surface area contributed by atoms with Crippen LogP contribution < -0.4 is 0 Å². The van der Waals surface area contributed by atoms with E-state index in [-0.39, 0.29) is 0 Å². The Bertz CT molecular complexity index is 206. The van der Waals surface area contributed by atoms with Crippen LogP contribution in [0.25, 0.3) is 0 Å². The lowest BCUT2D eigenvalue weighted by atomic mass is 10.1. The van der Waals surface area contributed by atoms with Gasteiger partial charge in [0.1, 0.15) is 0 Å². The molecule has 0 radical (unpaired) electrons. The first-order valence-corrected chi connectivity index (χ1v) is 7.40. The van der Waals surface area contributed by atoms with E-state index in [0.29, 0.717) is 0 Å². The van der Waals surface area contributed by atoms with Gasteiger partial charge in [-0.1, -0.05) is 6.42 Å². The molecule has 2 rings (SSSR count). The van der Waals surface area contributed by atoms with Gasteiger partial charge in [0.2, 0.25) is 0 Å². The molecule has 17 heavy (non-hydrogen) atoms. The second-order valence-corrected chi connectivity index (χ2v) is 5.88. The maximum Gasteiger partial charge on any atom is 0.0113 e. The summed E-state index contributed by atoms with van der Waals surface area (Å²) >= 11 is 0. The van der Waals surface area contributed by atoms with Crippen LogP contribution in [0, 0.1) is 0 Å². The zero-order chi connectivity index (χ0) is 12.1. The highest BCUT2D eigenvalue weighted by Gasteiger charge is 2.19. The molecule has 2 aliphatic rings. The highest BCUT2D eigenvalue weighted by Crippen LogP contribution is 2.12. The number of piperazine rings is 1. The SMILES string of the molecule is CC(CCN1CCCCC1)N1CCN(C)CC1. The number of piperidine rings is 1. The Labute approximate surface area is 107 Å². The summed E-state index contributed by atoms with van der Waals surface area (Å²) in [5.74, 6) is 0. The Hall–Kier alpha value is -0.120. The number of hydrogen-bond acceptors (Lipinski definition) is 3. The Morgan fingerprint density at radius 2 is 1.53 bits per heavy atom. The summed E-state index contributed by atoms with van der Waals surface area (Å²) < 4.78 is 0. The van der Waals surface area contributed by atoms with E-state index < -0.39 is 0 Å².